The molecule has 0 aliphatic carbocycles. The third kappa shape index (κ3) is 3.76. The SMILES string of the molecule is CC1(C)c2ccccc2-n2c1c(-c1cccc(-c3cc(-c4ccccc4)cc(-c4ccccc4)c3)n1)c1ccccc12. The Hall–Kier alpha value is -5.21. The number of rotatable bonds is 4. The van der Waals surface area contributed by atoms with Crippen LogP contribution in [-0.2, 0) is 5.41 Å². The van der Waals surface area contributed by atoms with E-state index < -0.39 is 0 Å². The van der Waals surface area contributed by atoms with Crippen LogP contribution in [0.3, 0.4) is 0 Å². The molecule has 7 aromatic rings. The highest BCUT2D eigenvalue weighted by Gasteiger charge is 2.40. The lowest BCUT2D eigenvalue weighted by Crippen LogP contribution is -2.16. The standard InChI is InChI=1S/C40H30N2/c1-40(2)33-19-10-12-23-37(33)42-36-22-11-9-18-32(36)38(39(40)42)35-21-13-20-34(41-35)31-25-29(27-14-5-3-6-15-27)24-30(26-31)28-16-7-4-8-17-28/h3-26H,1-2H3. The van der Waals surface area contributed by atoms with Crippen LogP contribution in [-0.4, -0.2) is 9.55 Å². The molecule has 1 aliphatic heterocycles. The highest BCUT2D eigenvalue weighted by Crippen LogP contribution is 2.51. The van der Waals surface area contributed by atoms with Crippen LogP contribution in [0.1, 0.15) is 25.1 Å². The number of benzene rings is 5. The molecule has 5 aromatic carbocycles. The van der Waals surface area contributed by atoms with Gasteiger partial charge in [0, 0.05) is 27.6 Å². The van der Waals surface area contributed by atoms with E-state index in [1.54, 1.807) is 0 Å². The molecule has 0 saturated carbocycles. The lowest BCUT2D eigenvalue weighted by atomic mass is 9.80. The first-order valence-electron chi connectivity index (χ1n) is 14.6. The van der Waals surface area contributed by atoms with E-state index in [0.717, 1.165) is 17.0 Å². The molecule has 0 atom stereocenters. The predicted octanol–water partition coefficient (Wildman–Crippen LogP) is 10.3. The first kappa shape index (κ1) is 24.6. The van der Waals surface area contributed by atoms with Gasteiger partial charge in [-0.1, -0.05) is 117 Å². The van der Waals surface area contributed by atoms with Gasteiger partial charge in [-0.05, 0) is 70.3 Å². The van der Waals surface area contributed by atoms with Gasteiger partial charge >= 0.3 is 0 Å². The topological polar surface area (TPSA) is 17.8 Å². The zero-order chi connectivity index (χ0) is 28.3. The molecule has 8 rings (SSSR count). The second-order valence-electron chi connectivity index (χ2n) is 11.7. The lowest BCUT2D eigenvalue weighted by molar-refractivity contribution is 0.646. The maximum absolute atomic E-state index is 5.40. The lowest BCUT2D eigenvalue weighted by Gasteiger charge is -2.21. The fourth-order valence-corrected chi connectivity index (χ4v) is 6.77. The van der Waals surface area contributed by atoms with Crippen LogP contribution in [0.2, 0.25) is 0 Å². The molecule has 2 nitrogen and oxygen atoms in total. The number of hydrogen-bond donors (Lipinski definition) is 0. The highest BCUT2D eigenvalue weighted by molar-refractivity contribution is 6.01. The van der Waals surface area contributed by atoms with Crippen molar-refractivity contribution in [1.82, 2.24) is 9.55 Å². The molecule has 42 heavy (non-hydrogen) atoms. The van der Waals surface area contributed by atoms with Gasteiger partial charge in [0.25, 0.3) is 0 Å². The Morgan fingerprint density at radius 3 is 1.79 bits per heavy atom. The maximum Gasteiger partial charge on any atom is 0.0734 e. The summed E-state index contributed by atoms with van der Waals surface area (Å²) in [7, 11) is 0. The van der Waals surface area contributed by atoms with E-state index in [-0.39, 0.29) is 5.41 Å². The van der Waals surface area contributed by atoms with E-state index >= 15 is 0 Å². The number of pyridine rings is 1. The Balaban J connectivity index is 1.35. The fraction of sp³-hybridized carbons (Fsp3) is 0.0750. The van der Waals surface area contributed by atoms with Gasteiger partial charge in [-0.3, -0.25) is 0 Å². The molecule has 0 fully saturated rings. The Morgan fingerprint density at radius 2 is 1.07 bits per heavy atom. The van der Waals surface area contributed by atoms with Gasteiger partial charge in [0.05, 0.1) is 22.6 Å². The van der Waals surface area contributed by atoms with Crippen LogP contribution in [0.15, 0.2) is 146 Å². The number of hydrogen-bond acceptors (Lipinski definition) is 1. The van der Waals surface area contributed by atoms with Crippen molar-refractivity contribution in [1.29, 1.82) is 0 Å². The summed E-state index contributed by atoms with van der Waals surface area (Å²) in [5, 5.41) is 1.24. The summed E-state index contributed by atoms with van der Waals surface area (Å²) in [4.78, 5) is 5.40. The van der Waals surface area contributed by atoms with Gasteiger partial charge in [0.1, 0.15) is 0 Å². The third-order valence-electron chi connectivity index (χ3n) is 8.73. The van der Waals surface area contributed by atoms with Crippen LogP contribution < -0.4 is 0 Å². The summed E-state index contributed by atoms with van der Waals surface area (Å²) in [6.45, 7) is 4.68. The summed E-state index contributed by atoms with van der Waals surface area (Å²) >= 11 is 0. The van der Waals surface area contributed by atoms with Crippen molar-refractivity contribution in [2.75, 3.05) is 0 Å². The Kier molecular flexibility index (Phi) is 5.52. The van der Waals surface area contributed by atoms with Gasteiger partial charge in [0.2, 0.25) is 0 Å². The number of nitrogens with zero attached hydrogens (tertiary/aromatic N) is 2. The number of fused-ring (bicyclic) bond motifs is 5. The quantitative estimate of drug-likeness (QED) is 0.218. The minimum atomic E-state index is -0.156. The number of aromatic nitrogens is 2. The van der Waals surface area contributed by atoms with Crippen molar-refractivity contribution in [3.63, 3.8) is 0 Å². The molecule has 0 radical (unpaired) electrons. The van der Waals surface area contributed by atoms with E-state index in [0.29, 0.717) is 0 Å². The molecule has 0 bridgehead atoms. The summed E-state index contributed by atoms with van der Waals surface area (Å²) in [6.07, 6.45) is 0. The van der Waals surface area contributed by atoms with Crippen molar-refractivity contribution in [3.05, 3.63) is 157 Å². The van der Waals surface area contributed by atoms with Crippen molar-refractivity contribution in [3.8, 4) is 50.5 Å². The van der Waals surface area contributed by atoms with E-state index in [9.17, 15) is 0 Å². The first-order chi connectivity index (χ1) is 20.6. The van der Waals surface area contributed by atoms with Crippen molar-refractivity contribution >= 4 is 10.9 Å². The maximum atomic E-state index is 5.40. The zero-order valence-corrected chi connectivity index (χ0v) is 23.8. The third-order valence-corrected chi connectivity index (χ3v) is 8.73. The zero-order valence-electron chi connectivity index (χ0n) is 23.8. The minimum absolute atomic E-state index is 0.156. The Bertz CT molecular complexity index is 2040. The Labute approximate surface area is 246 Å². The Morgan fingerprint density at radius 1 is 0.500 bits per heavy atom. The molecule has 0 unspecified atom stereocenters. The van der Waals surface area contributed by atoms with E-state index in [1.807, 2.05) is 0 Å². The average molecular weight is 539 g/mol. The molecule has 200 valence electrons. The number of para-hydroxylation sites is 2. The van der Waals surface area contributed by atoms with Gasteiger partial charge in [-0.25, -0.2) is 4.98 Å². The molecular weight excluding hydrogens is 508 g/mol. The molecular formula is C40H30N2. The van der Waals surface area contributed by atoms with Gasteiger partial charge < -0.3 is 4.57 Å². The summed E-state index contributed by atoms with van der Waals surface area (Å²) in [5.41, 5.74) is 14.1. The van der Waals surface area contributed by atoms with Crippen LogP contribution in [0.25, 0.3) is 61.4 Å². The monoisotopic (exact) mass is 538 g/mol. The van der Waals surface area contributed by atoms with Crippen molar-refractivity contribution in [2.45, 2.75) is 19.3 Å². The smallest absolute Gasteiger partial charge is 0.0734 e. The first-order valence-corrected chi connectivity index (χ1v) is 14.6. The minimum Gasteiger partial charge on any atom is -0.312 e. The summed E-state index contributed by atoms with van der Waals surface area (Å²) in [5.74, 6) is 0. The van der Waals surface area contributed by atoms with Crippen LogP contribution in [0.5, 0.6) is 0 Å². The predicted molar refractivity (Wildman–Crippen MR) is 175 cm³/mol. The van der Waals surface area contributed by atoms with E-state index in [2.05, 4.69) is 164 Å². The van der Waals surface area contributed by atoms with E-state index in [1.165, 1.54) is 55.7 Å². The van der Waals surface area contributed by atoms with Crippen LogP contribution in [0, 0.1) is 0 Å². The van der Waals surface area contributed by atoms with Gasteiger partial charge in [0.15, 0.2) is 0 Å². The molecule has 3 heterocycles. The largest absolute Gasteiger partial charge is 0.312 e. The molecule has 1 aliphatic rings. The molecule has 0 N–H and O–H groups in total. The average Bonchev–Trinajstić information content (AvgIpc) is 3.52. The molecule has 0 spiro atoms. The molecule has 0 saturated heterocycles. The van der Waals surface area contributed by atoms with Crippen LogP contribution >= 0.6 is 0 Å². The molecule has 2 aromatic heterocycles. The highest BCUT2D eigenvalue weighted by atomic mass is 15.0. The van der Waals surface area contributed by atoms with Gasteiger partial charge in [-0.15, -0.1) is 0 Å². The van der Waals surface area contributed by atoms with Crippen molar-refractivity contribution in [2.24, 2.45) is 0 Å². The van der Waals surface area contributed by atoms with E-state index in [4.69, 9.17) is 4.98 Å². The fourth-order valence-electron chi connectivity index (χ4n) is 6.77. The van der Waals surface area contributed by atoms with Crippen molar-refractivity contribution < 1.29 is 0 Å². The van der Waals surface area contributed by atoms with Gasteiger partial charge in [-0.2, -0.15) is 0 Å². The second-order valence-corrected chi connectivity index (χ2v) is 11.7. The summed E-state index contributed by atoms with van der Waals surface area (Å²) in [6, 6.07) is 52.1. The molecule has 0 amide bonds. The summed E-state index contributed by atoms with van der Waals surface area (Å²) < 4.78 is 2.46. The second kappa shape index (κ2) is 9.43. The van der Waals surface area contributed by atoms with Crippen LogP contribution in [0.4, 0.5) is 0 Å². The normalized spacial score (nSPS) is 13.2. The molecule has 2 heteroatoms.